The molecule has 20 heavy (non-hydrogen) atoms. The third-order valence-electron chi connectivity index (χ3n) is 3.53. The molecule has 5 nitrogen and oxygen atoms in total. The molecular formula is C13H29Cl2N3O2. The van der Waals surface area contributed by atoms with Crippen molar-refractivity contribution in [3.8, 4) is 0 Å². The third-order valence-corrected chi connectivity index (χ3v) is 3.53. The highest BCUT2D eigenvalue weighted by molar-refractivity contribution is 5.85. The first-order valence-electron chi connectivity index (χ1n) is 6.73. The number of carbonyl (C=O) groups is 1. The van der Waals surface area contributed by atoms with Crippen molar-refractivity contribution in [2.75, 3.05) is 54.0 Å². The van der Waals surface area contributed by atoms with E-state index in [1.807, 2.05) is 14.1 Å². The lowest BCUT2D eigenvalue weighted by atomic mass is 9.78. The van der Waals surface area contributed by atoms with Crippen LogP contribution in [0.3, 0.4) is 0 Å². The van der Waals surface area contributed by atoms with Gasteiger partial charge in [-0.3, -0.25) is 4.79 Å². The van der Waals surface area contributed by atoms with Crippen LogP contribution in [0.25, 0.3) is 0 Å². The Bertz CT molecular complexity index is 254. The zero-order valence-electron chi connectivity index (χ0n) is 12.7. The van der Waals surface area contributed by atoms with Gasteiger partial charge in [-0.15, -0.1) is 24.8 Å². The fourth-order valence-corrected chi connectivity index (χ4v) is 2.40. The smallest absolute Gasteiger partial charge is 0.228 e. The number of hydrogen-bond acceptors (Lipinski definition) is 4. The van der Waals surface area contributed by atoms with Crippen molar-refractivity contribution in [2.45, 2.75) is 19.3 Å². The van der Waals surface area contributed by atoms with Gasteiger partial charge >= 0.3 is 0 Å². The number of carbonyl (C=O) groups excluding carboxylic acids is 1. The molecule has 0 atom stereocenters. The second-order valence-corrected chi connectivity index (χ2v) is 5.38. The predicted molar refractivity (Wildman–Crippen MR) is 87.1 cm³/mol. The molecule has 0 aromatic carbocycles. The lowest BCUT2D eigenvalue weighted by Crippen LogP contribution is -2.50. The van der Waals surface area contributed by atoms with Crippen LogP contribution in [0.2, 0.25) is 0 Å². The van der Waals surface area contributed by atoms with Crippen LogP contribution in [0.15, 0.2) is 0 Å². The summed E-state index contributed by atoms with van der Waals surface area (Å²) in [4.78, 5) is 14.4. The average Bonchev–Trinajstić information content (AvgIpc) is 2.35. The maximum Gasteiger partial charge on any atom is 0.228 e. The van der Waals surface area contributed by atoms with E-state index in [4.69, 9.17) is 4.74 Å². The number of halogens is 2. The summed E-state index contributed by atoms with van der Waals surface area (Å²) in [5, 5.41) is 6.35. The molecule has 0 aromatic heterocycles. The summed E-state index contributed by atoms with van der Waals surface area (Å²) in [6.45, 7) is 4.06. The second kappa shape index (κ2) is 11.6. The Morgan fingerprint density at radius 3 is 2.40 bits per heavy atom. The quantitative estimate of drug-likeness (QED) is 0.682. The van der Waals surface area contributed by atoms with E-state index in [9.17, 15) is 4.79 Å². The van der Waals surface area contributed by atoms with Crippen molar-refractivity contribution in [3.63, 3.8) is 0 Å². The van der Waals surface area contributed by atoms with Crippen LogP contribution < -0.4 is 10.6 Å². The van der Waals surface area contributed by atoms with E-state index >= 15 is 0 Å². The number of methoxy groups -OCH3 is 1. The summed E-state index contributed by atoms with van der Waals surface area (Å²) < 4.78 is 5.25. The largest absolute Gasteiger partial charge is 0.384 e. The first-order valence-corrected chi connectivity index (χ1v) is 6.73. The van der Waals surface area contributed by atoms with E-state index in [1.165, 1.54) is 0 Å². The number of nitrogens with one attached hydrogen (secondary N) is 2. The highest BCUT2D eigenvalue weighted by Crippen LogP contribution is 2.29. The van der Waals surface area contributed by atoms with Gasteiger partial charge in [-0.2, -0.15) is 0 Å². The van der Waals surface area contributed by atoms with Gasteiger partial charge in [-0.05, 0) is 53.0 Å². The molecule has 1 saturated heterocycles. The van der Waals surface area contributed by atoms with Crippen LogP contribution in [0.4, 0.5) is 0 Å². The lowest BCUT2D eigenvalue weighted by Gasteiger charge is -2.35. The normalized spacial score (nSPS) is 17.0. The van der Waals surface area contributed by atoms with Gasteiger partial charge in [0.15, 0.2) is 0 Å². The summed E-state index contributed by atoms with van der Waals surface area (Å²) in [7, 11) is 5.76. The minimum Gasteiger partial charge on any atom is -0.384 e. The van der Waals surface area contributed by atoms with Crippen LogP contribution >= 0.6 is 24.8 Å². The highest BCUT2D eigenvalue weighted by Gasteiger charge is 2.39. The van der Waals surface area contributed by atoms with Crippen molar-refractivity contribution in [1.29, 1.82) is 0 Å². The minimum absolute atomic E-state index is 0. The summed E-state index contributed by atoms with van der Waals surface area (Å²) in [5.41, 5.74) is -0.321. The van der Waals surface area contributed by atoms with Crippen molar-refractivity contribution >= 4 is 30.7 Å². The van der Waals surface area contributed by atoms with Gasteiger partial charge in [0.25, 0.3) is 0 Å². The van der Waals surface area contributed by atoms with Crippen molar-refractivity contribution in [1.82, 2.24) is 15.5 Å². The summed E-state index contributed by atoms with van der Waals surface area (Å²) >= 11 is 0. The highest BCUT2D eigenvalue weighted by atomic mass is 35.5. The van der Waals surface area contributed by atoms with Gasteiger partial charge in [0.2, 0.25) is 5.91 Å². The van der Waals surface area contributed by atoms with Crippen molar-refractivity contribution in [3.05, 3.63) is 0 Å². The van der Waals surface area contributed by atoms with Crippen molar-refractivity contribution < 1.29 is 9.53 Å². The molecule has 0 aromatic rings. The van der Waals surface area contributed by atoms with Gasteiger partial charge < -0.3 is 20.3 Å². The van der Waals surface area contributed by atoms with E-state index < -0.39 is 0 Å². The summed E-state index contributed by atoms with van der Waals surface area (Å²) in [6.07, 6.45) is 2.71. The Labute approximate surface area is 135 Å². The molecule has 0 unspecified atom stereocenters. The Balaban J connectivity index is 0. The molecule has 1 heterocycles. The van der Waals surface area contributed by atoms with Crippen LogP contribution in [0.1, 0.15) is 19.3 Å². The van der Waals surface area contributed by atoms with Crippen LogP contribution in [0.5, 0.6) is 0 Å². The van der Waals surface area contributed by atoms with E-state index in [-0.39, 0.29) is 36.1 Å². The lowest BCUT2D eigenvalue weighted by molar-refractivity contribution is -0.136. The molecule has 1 aliphatic heterocycles. The van der Waals surface area contributed by atoms with E-state index in [0.717, 1.165) is 45.4 Å². The molecule has 0 aliphatic carbocycles. The van der Waals surface area contributed by atoms with Gasteiger partial charge in [0.1, 0.15) is 0 Å². The standard InChI is InChI=1S/C13H27N3O2.2ClH/c1-16(2)10-4-7-15-12(17)13(11-18-3)5-8-14-9-6-13;;/h14H,4-11H2,1-3H3,(H,15,17);2*1H. The Hall–Kier alpha value is -0.0700. The molecule has 1 amide bonds. The Morgan fingerprint density at radius 2 is 1.90 bits per heavy atom. The maximum atomic E-state index is 12.3. The molecule has 1 rings (SSSR count). The van der Waals surface area contributed by atoms with Crippen LogP contribution in [-0.2, 0) is 9.53 Å². The second-order valence-electron chi connectivity index (χ2n) is 5.38. The topological polar surface area (TPSA) is 53.6 Å². The van der Waals surface area contributed by atoms with E-state index in [1.54, 1.807) is 7.11 Å². The van der Waals surface area contributed by atoms with E-state index in [2.05, 4.69) is 15.5 Å². The SMILES string of the molecule is COCC1(C(=O)NCCCN(C)C)CCNCC1.Cl.Cl. The number of rotatable bonds is 7. The number of hydrogen-bond donors (Lipinski definition) is 2. The third kappa shape index (κ3) is 7.09. The van der Waals surface area contributed by atoms with E-state index in [0.29, 0.717) is 6.61 Å². The summed E-state index contributed by atoms with van der Waals surface area (Å²) in [5.74, 6) is 0.157. The molecule has 0 bridgehead atoms. The first-order chi connectivity index (χ1) is 8.60. The Morgan fingerprint density at radius 1 is 1.30 bits per heavy atom. The fraction of sp³-hybridized carbons (Fsp3) is 0.923. The summed E-state index contributed by atoms with van der Waals surface area (Å²) in [6, 6.07) is 0. The molecule has 7 heteroatoms. The van der Waals surface area contributed by atoms with Gasteiger partial charge in [0, 0.05) is 13.7 Å². The molecule has 122 valence electrons. The fourth-order valence-electron chi connectivity index (χ4n) is 2.40. The number of nitrogens with zero attached hydrogens (tertiary/aromatic N) is 1. The predicted octanol–water partition coefficient (Wildman–Crippen LogP) is 0.914. The number of piperidine rings is 1. The Kier molecular flexibility index (Phi) is 12.9. The number of amides is 1. The number of ether oxygens (including phenoxy) is 1. The molecule has 1 aliphatic rings. The van der Waals surface area contributed by atoms with Crippen molar-refractivity contribution in [2.24, 2.45) is 5.41 Å². The molecule has 0 spiro atoms. The van der Waals surface area contributed by atoms with Gasteiger partial charge in [-0.1, -0.05) is 0 Å². The van der Waals surface area contributed by atoms with Gasteiger partial charge in [0.05, 0.1) is 12.0 Å². The van der Waals surface area contributed by atoms with Crippen LogP contribution in [0, 0.1) is 5.41 Å². The first kappa shape index (κ1) is 22.2. The maximum absolute atomic E-state index is 12.3. The average molecular weight is 330 g/mol. The minimum atomic E-state index is -0.321. The molecule has 1 fully saturated rings. The zero-order valence-corrected chi connectivity index (χ0v) is 14.4. The molecule has 0 saturated carbocycles. The zero-order chi connectivity index (χ0) is 13.4. The van der Waals surface area contributed by atoms with Gasteiger partial charge in [-0.25, -0.2) is 0 Å². The van der Waals surface area contributed by atoms with Crippen LogP contribution in [-0.4, -0.2) is 64.8 Å². The molecular weight excluding hydrogens is 301 g/mol. The molecule has 2 N–H and O–H groups in total. The monoisotopic (exact) mass is 329 g/mol. The molecule has 0 radical (unpaired) electrons.